The summed E-state index contributed by atoms with van der Waals surface area (Å²) in [6.45, 7) is 18.1. The molecule has 1 heterocycles. The molecule has 2 aliphatic rings. The molecule has 21 nitrogen and oxygen atoms in total. The molecular formula is C46H63N9O12S2. The largest absolute Gasteiger partial charge is 0.397 e. The van der Waals surface area contributed by atoms with Gasteiger partial charge < -0.3 is 47.9 Å². The number of carbonyl (C=O) groups excluding carboxylic acids is 7. The Kier molecular flexibility index (Phi) is 18.4. The van der Waals surface area contributed by atoms with Crippen LogP contribution in [0.3, 0.4) is 0 Å². The van der Waals surface area contributed by atoms with Crippen molar-refractivity contribution in [1.29, 1.82) is 0 Å². The quantitative estimate of drug-likeness (QED) is 0.0510. The minimum absolute atomic E-state index is 0.104. The lowest BCUT2D eigenvalue weighted by Gasteiger charge is -2.30. The molecule has 2 aromatic rings. The van der Waals surface area contributed by atoms with Gasteiger partial charge in [-0.25, -0.2) is 8.42 Å². The number of nitrogens with two attached hydrogens (primary N) is 1. The van der Waals surface area contributed by atoms with Crippen molar-refractivity contribution >= 4 is 78.4 Å². The van der Waals surface area contributed by atoms with Crippen LogP contribution in [0.2, 0.25) is 0 Å². The van der Waals surface area contributed by atoms with Gasteiger partial charge in [-0.1, -0.05) is 39.1 Å². The predicted octanol–water partition coefficient (Wildman–Crippen LogP) is 1.09. The number of fused-ring (bicyclic) bond motifs is 1. The van der Waals surface area contributed by atoms with E-state index >= 15 is 0 Å². The SMILES string of the molecule is C=CC(=O)NC(C)C(=O)NC(C)C(=O)N1CCCC1C(=O)NC(C(=O)NC(C)C(=O)NC(C)C(=O)NCCS(=O)(=O)c1cccc(Nc2cc(S(=O)(=O)O)c(N)c3c2C/C(=C/C)C(=C)C3)c1)C(C)C. The summed E-state index contributed by atoms with van der Waals surface area (Å²) in [4.78, 5) is 91.3. The van der Waals surface area contributed by atoms with Crippen LogP contribution in [-0.4, -0.2) is 123 Å². The van der Waals surface area contributed by atoms with Gasteiger partial charge in [0.2, 0.25) is 41.4 Å². The normalized spacial score (nSPS) is 17.6. The first-order valence-corrected chi connectivity index (χ1v) is 25.4. The fourth-order valence-corrected chi connectivity index (χ4v) is 9.66. The number of anilines is 3. The molecule has 23 heteroatoms. The van der Waals surface area contributed by atoms with Crippen molar-refractivity contribution < 1.29 is 55.0 Å². The van der Waals surface area contributed by atoms with Crippen LogP contribution < -0.4 is 43.0 Å². The van der Waals surface area contributed by atoms with Crippen LogP contribution in [-0.2, 0) is 66.4 Å². The molecule has 1 aliphatic heterocycles. The monoisotopic (exact) mass is 997 g/mol. The van der Waals surface area contributed by atoms with E-state index in [4.69, 9.17) is 5.73 Å². The number of nitrogen functional groups attached to an aromatic ring is 1. The topological polar surface area (TPSA) is 321 Å². The number of hydrogen-bond acceptors (Lipinski definition) is 13. The highest BCUT2D eigenvalue weighted by molar-refractivity contribution is 7.91. The van der Waals surface area contributed by atoms with Crippen LogP contribution in [0.5, 0.6) is 0 Å². The summed E-state index contributed by atoms with van der Waals surface area (Å²) in [6, 6.07) is 0.493. The fourth-order valence-electron chi connectivity index (χ4n) is 7.80. The van der Waals surface area contributed by atoms with Crippen molar-refractivity contribution in [3.05, 3.63) is 77.9 Å². The van der Waals surface area contributed by atoms with E-state index in [9.17, 15) is 55.0 Å². The zero-order valence-electron chi connectivity index (χ0n) is 39.7. The molecule has 0 bridgehead atoms. The van der Waals surface area contributed by atoms with Gasteiger partial charge in [0.1, 0.15) is 41.1 Å². The van der Waals surface area contributed by atoms with E-state index in [0.29, 0.717) is 36.1 Å². The first-order chi connectivity index (χ1) is 32.2. The zero-order chi connectivity index (χ0) is 51.7. The summed E-state index contributed by atoms with van der Waals surface area (Å²) < 4.78 is 61.4. The number of nitrogens with one attached hydrogen (secondary N) is 7. The molecular weight excluding hydrogens is 935 g/mol. The Hall–Kier alpha value is -6.59. The van der Waals surface area contributed by atoms with Crippen molar-refractivity contribution in [2.24, 2.45) is 5.92 Å². The summed E-state index contributed by atoms with van der Waals surface area (Å²) in [5, 5.41) is 18.2. The summed E-state index contributed by atoms with van der Waals surface area (Å²) in [5.74, 6) is -5.52. The van der Waals surface area contributed by atoms with Crippen molar-refractivity contribution in [3.63, 3.8) is 0 Å². The number of rotatable bonds is 20. The van der Waals surface area contributed by atoms with Gasteiger partial charge >= 0.3 is 0 Å². The van der Waals surface area contributed by atoms with Gasteiger partial charge in [0.25, 0.3) is 10.1 Å². The molecule has 69 heavy (non-hydrogen) atoms. The third-order valence-electron chi connectivity index (χ3n) is 11.8. The van der Waals surface area contributed by atoms with Crippen LogP contribution in [0.1, 0.15) is 72.4 Å². The molecule has 7 amide bonds. The molecule has 10 N–H and O–H groups in total. The Labute approximate surface area is 402 Å². The van der Waals surface area contributed by atoms with E-state index in [1.165, 1.54) is 56.9 Å². The summed E-state index contributed by atoms with van der Waals surface area (Å²) in [7, 11) is -8.75. The van der Waals surface area contributed by atoms with Crippen LogP contribution >= 0.6 is 0 Å². The number of amides is 7. The molecule has 6 atom stereocenters. The highest BCUT2D eigenvalue weighted by Crippen LogP contribution is 2.41. The second kappa shape index (κ2) is 23.1. The maximum atomic E-state index is 13.5. The summed E-state index contributed by atoms with van der Waals surface area (Å²) >= 11 is 0. The fraction of sp³-hybridized carbons (Fsp3) is 0.457. The average molecular weight is 998 g/mol. The molecule has 1 saturated heterocycles. The maximum absolute atomic E-state index is 13.5. The number of likely N-dealkylation sites (tertiary alicyclic amines) is 1. The van der Waals surface area contributed by atoms with Gasteiger partial charge in [0, 0.05) is 24.5 Å². The lowest BCUT2D eigenvalue weighted by Crippen LogP contribution is -2.59. The number of allylic oxidation sites excluding steroid dienone is 3. The van der Waals surface area contributed by atoms with Gasteiger partial charge in [-0.3, -0.25) is 38.1 Å². The Morgan fingerprint density at radius 2 is 1.43 bits per heavy atom. The third-order valence-corrected chi connectivity index (χ3v) is 14.4. The Morgan fingerprint density at radius 3 is 2.04 bits per heavy atom. The standard InChI is InChI=1S/C46H63N9O12S2/c1-10-30-21-33-34(20-25(30)5)39(47)37(69(65,66)67)23-35(33)53-31-14-12-15-32(22-31)68(63,64)19-17-48-41(57)26(6)50-43(59)28(8)51-45(61)40(24(3)4)54-44(60)36-16-13-18-55(36)46(62)29(9)52-42(58)27(7)49-38(56)11-2/h10-12,14-15,22-24,26-29,36,40,53H,2,5,13,16-21,47H2,1,3-4,6-9H3,(H,48,57)(H,49,56)(H,50,59)(H,51,61)(H,52,58)(H,54,60)(H,65,66,67)/b30-10-. The summed E-state index contributed by atoms with van der Waals surface area (Å²) in [5.41, 5.74) is 9.44. The van der Waals surface area contributed by atoms with Crippen molar-refractivity contribution in [3.8, 4) is 0 Å². The molecule has 2 aromatic carbocycles. The molecule has 0 saturated carbocycles. The van der Waals surface area contributed by atoms with Crippen LogP contribution in [0, 0.1) is 5.92 Å². The van der Waals surface area contributed by atoms with E-state index in [0.717, 1.165) is 17.2 Å². The molecule has 1 fully saturated rings. The van der Waals surface area contributed by atoms with Crippen LogP contribution in [0.15, 0.2) is 76.6 Å². The molecule has 0 spiro atoms. The highest BCUT2D eigenvalue weighted by atomic mass is 32.2. The zero-order valence-corrected chi connectivity index (χ0v) is 41.4. The van der Waals surface area contributed by atoms with Crippen molar-refractivity contribution in [2.45, 2.75) is 120 Å². The van der Waals surface area contributed by atoms with Gasteiger partial charge in [-0.05, 0) is 119 Å². The number of benzene rings is 2. The van der Waals surface area contributed by atoms with Crippen LogP contribution in [0.4, 0.5) is 17.1 Å². The number of sulfone groups is 1. The Balaban J connectivity index is 1.31. The maximum Gasteiger partial charge on any atom is 0.296 e. The predicted molar refractivity (Wildman–Crippen MR) is 258 cm³/mol. The van der Waals surface area contributed by atoms with Gasteiger partial charge in [-0.2, -0.15) is 8.42 Å². The minimum Gasteiger partial charge on any atom is -0.397 e. The van der Waals surface area contributed by atoms with Gasteiger partial charge in [0.05, 0.1) is 16.3 Å². The second-order valence-corrected chi connectivity index (χ2v) is 20.8. The lowest BCUT2D eigenvalue weighted by atomic mass is 9.83. The second-order valence-electron chi connectivity index (χ2n) is 17.3. The minimum atomic E-state index is -4.73. The average Bonchev–Trinajstić information content (AvgIpc) is 3.78. The van der Waals surface area contributed by atoms with Crippen LogP contribution in [0.25, 0.3) is 0 Å². The number of nitrogens with zero attached hydrogens (tertiary/aromatic N) is 1. The number of hydrogen-bond donors (Lipinski definition) is 9. The van der Waals surface area contributed by atoms with Gasteiger partial charge in [-0.15, -0.1) is 0 Å². The molecule has 4 rings (SSSR count). The van der Waals surface area contributed by atoms with E-state index < -0.39 is 114 Å². The van der Waals surface area contributed by atoms with E-state index in [-0.39, 0.29) is 35.8 Å². The van der Waals surface area contributed by atoms with Crippen molar-refractivity contribution in [2.75, 3.05) is 29.9 Å². The molecule has 0 aromatic heterocycles. The molecule has 0 radical (unpaired) electrons. The molecule has 1 aliphatic carbocycles. The van der Waals surface area contributed by atoms with E-state index in [1.807, 2.05) is 13.0 Å². The smallest absolute Gasteiger partial charge is 0.296 e. The van der Waals surface area contributed by atoms with Gasteiger partial charge in [0.15, 0.2) is 9.84 Å². The Bertz CT molecular complexity index is 2650. The third kappa shape index (κ3) is 14.0. The lowest BCUT2D eigenvalue weighted by molar-refractivity contribution is -0.142. The Morgan fingerprint density at radius 1 is 0.826 bits per heavy atom. The molecule has 6 unspecified atom stereocenters. The van der Waals surface area contributed by atoms with E-state index in [1.54, 1.807) is 19.9 Å². The van der Waals surface area contributed by atoms with Crippen molar-refractivity contribution in [1.82, 2.24) is 36.8 Å². The first-order valence-electron chi connectivity index (χ1n) is 22.3. The summed E-state index contributed by atoms with van der Waals surface area (Å²) in [6.07, 6.45) is 4.24. The highest BCUT2D eigenvalue weighted by Gasteiger charge is 2.39. The first kappa shape index (κ1) is 55.0. The number of carbonyl (C=O) groups is 7. The molecule has 376 valence electrons. The van der Waals surface area contributed by atoms with E-state index in [2.05, 4.69) is 50.4 Å².